The van der Waals surface area contributed by atoms with E-state index in [2.05, 4.69) is 15.3 Å². The highest BCUT2D eigenvalue weighted by Gasteiger charge is 2.52. The minimum atomic E-state index is -1.39. The molecule has 208 valence electrons. The number of amidine groups is 1. The van der Waals surface area contributed by atoms with E-state index >= 15 is 0 Å². The number of halogens is 1. The molecule has 2 rings (SSSR count). The van der Waals surface area contributed by atoms with Crippen LogP contribution in [-0.2, 0) is 42.9 Å². The van der Waals surface area contributed by atoms with Gasteiger partial charge < -0.3 is 34.3 Å². The topological polar surface area (TPSA) is 187 Å². The number of esters is 4. The average Bonchev–Trinajstić information content (AvgIpc) is 2.83. The van der Waals surface area contributed by atoms with E-state index < -0.39 is 61.1 Å². The summed E-state index contributed by atoms with van der Waals surface area (Å²) in [4.78, 5) is 46.9. The smallest absolute Gasteiger partial charge is 0.303 e. The molecule has 0 bridgehead atoms. The van der Waals surface area contributed by atoms with Crippen LogP contribution in [0.15, 0.2) is 39.6 Å². The summed E-state index contributed by atoms with van der Waals surface area (Å²) >= 11 is 5.86. The predicted molar refractivity (Wildman–Crippen MR) is 130 cm³/mol. The van der Waals surface area contributed by atoms with E-state index in [1.165, 1.54) is 6.92 Å². The molecule has 0 radical (unpaired) electrons. The van der Waals surface area contributed by atoms with Crippen molar-refractivity contribution >= 4 is 41.3 Å². The lowest BCUT2D eigenvalue weighted by Crippen LogP contribution is -2.61. The molecule has 1 heterocycles. The Morgan fingerprint density at radius 1 is 0.895 bits per heavy atom. The largest absolute Gasteiger partial charge is 0.493 e. The van der Waals surface area contributed by atoms with Gasteiger partial charge in [0.15, 0.2) is 24.1 Å². The number of carbonyl (C=O) groups is 4. The van der Waals surface area contributed by atoms with Gasteiger partial charge in [0.1, 0.15) is 18.5 Å². The minimum absolute atomic E-state index is 0.0480. The number of nitrogens with two attached hydrogens (primary N) is 1. The Hall–Kier alpha value is -3.78. The molecule has 1 aliphatic rings. The van der Waals surface area contributed by atoms with Crippen molar-refractivity contribution < 1.29 is 47.6 Å². The Labute approximate surface area is 223 Å². The number of carbonyl (C=O) groups excluding carboxylic acids is 4. The van der Waals surface area contributed by atoms with Crippen molar-refractivity contribution in [1.82, 2.24) is 0 Å². The molecule has 38 heavy (non-hydrogen) atoms. The maximum Gasteiger partial charge on any atom is 0.303 e. The van der Waals surface area contributed by atoms with Crippen molar-refractivity contribution in [2.75, 3.05) is 13.2 Å². The van der Waals surface area contributed by atoms with Crippen LogP contribution in [-0.4, -0.2) is 73.6 Å². The highest BCUT2D eigenvalue weighted by atomic mass is 35.5. The first-order valence-electron chi connectivity index (χ1n) is 11.4. The van der Waals surface area contributed by atoms with E-state index in [4.69, 9.17) is 45.9 Å². The Balaban J connectivity index is 2.28. The van der Waals surface area contributed by atoms with Gasteiger partial charge in [0, 0.05) is 39.1 Å². The van der Waals surface area contributed by atoms with Crippen molar-refractivity contribution in [3.05, 3.63) is 29.3 Å². The number of azo groups is 1. The second-order valence-electron chi connectivity index (χ2n) is 7.90. The Bertz CT molecular complexity index is 1050. The average molecular weight is 557 g/mol. The molecule has 0 aromatic heterocycles. The van der Waals surface area contributed by atoms with Crippen LogP contribution in [0.5, 0.6) is 5.75 Å². The van der Waals surface area contributed by atoms with Crippen molar-refractivity contribution in [3.63, 3.8) is 0 Å². The van der Waals surface area contributed by atoms with Crippen LogP contribution in [0.4, 0.5) is 0 Å². The van der Waals surface area contributed by atoms with Gasteiger partial charge in [0.25, 0.3) is 0 Å². The second-order valence-corrected chi connectivity index (χ2v) is 8.34. The summed E-state index contributed by atoms with van der Waals surface area (Å²) < 4.78 is 32.4. The summed E-state index contributed by atoms with van der Waals surface area (Å²) in [7, 11) is 0. The van der Waals surface area contributed by atoms with Crippen LogP contribution in [0, 0.1) is 0 Å². The van der Waals surface area contributed by atoms with Gasteiger partial charge in [-0.3, -0.25) is 19.2 Å². The third-order valence-electron chi connectivity index (χ3n) is 4.81. The van der Waals surface area contributed by atoms with Crippen LogP contribution in [0.1, 0.15) is 34.1 Å². The maximum atomic E-state index is 11.9. The van der Waals surface area contributed by atoms with Gasteiger partial charge in [0.05, 0.1) is 6.61 Å². The molecule has 1 aromatic carbocycles. The lowest BCUT2D eigenvalue weighted by Gasteiger charge is -2.42. The Morgan fingerprint density at radius 2 is 1.47 bits per heavy atom. The van der Waals surface area contributed by atoms with E-state index in [9.17, 15) is 19.2 Å². The standard InChI is InChI=1S/C23H29ClN4O10/c1-12(29)34-11-18-20(35-13(2)30)21(36-14(3)31)22(37-15(4)32)23(38-18)28-27-19(26-25)9-10-33-17-7-5-16(24)6-8-17/h5-8,18,20-23H,9-11,25H2,1-4H3. The SMILES string of the molecule is CC(=O)OCC1OC(N=NC(CCOc2ccc(Cl)cc2)=NN)C(OC(C)=O)C(OC(C)=O)C1OC(C)=O. The molecule has 0 saturated carbocycles. The summed E-state index contributed by atoms with van der Waals surface area (Å²) in [6.07, 6.45) is -6.47. The zero-order valence-electron chi connectivity index (χ0n) is 21.2. The summed E-state index contributed by atoms with van der Waals surface area (Å²) in [6, 6.07) is 6.69. The molecule has 1 saturated heterocycles. The molecule has 1 aromatic rings. The first-order chi connectivity index (χ1) is 18.0. The molecular formula is C23H29ClN4O10. The van der Waals surface area contributed by atoms with E-state index in [1.807, 2.05) is 0 Å². The lowest BCUT2D eigenvalue weighted by molar-refractivity contribution is -0.251. The van der Waals surface area contributed by atoms with Gasteiger partial charge in [-0.2, -0.15) is 10.2 Å². The van der Waals surface area contributed by atoms with Gasteiger partial charge in [-0.05, 0) is 24.3 Å². The lowest BCUT2D eigenvalue weighted by atomic mass is 9.97. The molecule has 14 nitrogen and oxygen atoms in total. The van der Waals surface area contributed by atoms with E-state index in [1.54, 1.807) is 24.3 Å². The van der Waals surface area contributed by atoms with Gasteiger partial charge in [0.2, 0.25) is 6.23 Å². The highest BCUT2D eigenvalue weighted by Crippen LogP contribution is 2.30. The predicted octanol–water partition coefficient (Wildman–Crippen LogP) is 1.92. The third-order valence-corrected chi connectivity index (χ3v) is 5.06. The summed E-state index contributed by atoms with van der Waals surface area (Å²) in [6.45, 7) is 4.26. The van der Waals surface area contributed by atoms with Crippen LogP contribution in [0.2, 0.25) is 5.02 Å². The number of hydrogen-bond acceptors (Lipinski definition) is 13. The Kier molecular flexibility index (Phi) is 11.9. The zero-order chi connectivity index (χ0) is 28.2. The van der Waals surface area contributed by atoms with Crippen LogP contribution >= 0.6 is 11.6 Å². The van der Waals surface area contributed by atoms with E-state index in [-0.39, 0.29) is 18.9 Å². The number of rotatable bonds is 10. The van der Waals surface area contributed by atoms with Crippen LogP contribution < -0.4 is 10.6 Å². The van der Waals surface area contributed by atoms with Crippen molar-refractivity contribution in [3.8, 4) is 5.75 Å². The fourth-order valence-corrected chi connectivity index (χ4v) is 3.48. The fraction of sp³-hybridized carbons (Fsp3) is 0.522. The molecule has 1 aliphatic heterocycles. The van der Waals surface area contributed by atoms with Gasteiger partial charge in [-0.25, -0.2) is 0 Å². The van der Waals surface area contributed by atoms with Crippen LogP contribution in [0.3, 0.4) is 0 Å². The van der Waals surface area contributed by atoms with Crippen molar-refractivity contribution in [2.45, 2.75) is 64.8 Å². The molecule has 0 spiro atoms. The number of ether oxygens (including phenoxy) is 6. The molecule has 1 fully saturated rings. The first-order valence-corrected chi connectivity index (χ1v) is 11.7. The molecule has 0 aliphatic carbocycles. The first kappa shape index (κ1) is 30.4. The molecule has 0 amide bonds. The van der Waals surface area contributed by atoms with Crippen LogP contribution in [0.25, 0.3) is 0 Å². The Morgan fingerprint density at radius 3 is 2.03 bits per heavy atom. The maximum absolute atomic E-state index is 11.9. The van der Waals surface area contributed by atoms with Gasteiger partial charge in [-0.15, -0.1) is 5.11 Å². The van der Waals surface area contributed by atoms with Crippen molar-refractivity contribution in [1.29, 1.82) is 0 Å². The normalized spacial score (nSPS) is 23.4. The highest BCUT2D eigenvalue weighted by molar-refractivity contribution is 6.30. The monoisotopic (exact) mass is 556 g/mol. The third kappa shape index (κ3) is 9.94. The number of hydrogen-bond donors (Lipinski definition) is 1. The van der Waals surface area contributed by atoms with Crippen molar-refractivity contribution in [2.24, 2.45) is 21.2 Å². The molecule has 5 atom stereocenters. The van der Waals surface area contributed by atoms with Gasteiger partial charge >= 0.3 is 23.9 Å². The second kappa shape index (κ2) is 14.8. The van der Waals surface area contributed by atoms with Gasteiger partial charge in [-0.1, -0.05) is 11.6 Å². The quantitative estimate of drug-likeness (QED) is 0.0843. The van der Waals surface area contributed by atoms with E-state index in [0.717, 1.165) is 20.8 Å². The summed E-state index contributed by atoms with van der Waals surface area (Å²) in [5.41, 5.74) is 0. The summed E-state index contributed by atoms with van der Waals surface area (Å²) in [5.74, 6) is 3.12. The molecule has 5 unspecified atom stereocenters. The fourth-order valence-electron chi connectivity index (χ4n) is 3.35. The number of hydrazone groups is 1. The van der Waals surface area contributed by atoms with E-state index in [0.29, 0.717) is 10.8 Å². The molecule has 2 N–H and O–H groups in total. The molecular weight excluding hydrogens is 528 g/mol. The number of benzene rings is 1. The minimum Gasteiger partial charge on any atom is -0.493 e. The summed E-state index contributed by atoms with van der Waals surface area (Å²) in [5, 5.41) is 12.1. The number of nitrogens with zero attached hydrogens (tertiary/aromatic N) is 3. The zero-order valence-corrected chi connectivity index (χ0v) is 22.0. The molecule has 15 heteroatoms.